The van der Waals surface area contributed by atoms with Crippen LogP contribution in [-0.2, 0) is 15.1 Å². The Hall–Kier alpha value is 0.692. The van der Waals surface area contributed by atoms with E-state index in [9.17, 15) is 18.3 Å². The molecule has 0 aromatic carbocycles. The first-order valence-corrected chi connectivity index (χ1v) is 4.63. The molecule has 0 fully saturated rings. The standard InChI is InChI=1S/C8H8O4S.Cs/c1-5-2-3-6(8(9)10)7(4-5)13(11)12;/h2-4,6H,1H3,(H,9,10);/q;+1/p-1. The summed E-state index contributed by atoms with van der Waals surface area (Å²) in [5.41, 5.74) is 0.705. The van der Waals surface area contributed by atoms with Crippen molar-refractivity contribution in [3.05, 3.63) is 23.8 Å². The van der Waals surface area contributed by atoms with Crippen LogP contribution in [0.5, 0.6) is 0 Å². The Labute approximate surface area is 142 Å². The van der Waals surface area contributed by atoms with E-state index in [1.807, 2.05) is 0 Å². The maximum Gasteiger partial charge on any atom is 1.00 e. The average Bonchev–Trinajstić information content (AvgIpc) is 2.03. The van der Waals surface area contributed by atoms with Crippen LogP contribution in [0.2, 0.25) is 0 Å². The molecule has 0 spiro atoms. The van der Waals surface area contributed by atoms with Crippen LogP contribution in [-0.4, -0.2) is 19.3 Å². The van der Waals surface area contributed by atoms with E-state index in [4.69, 9.17) is 0 Å². The molecule has 4 nitrogen and oxygen atoms in total. The van der Waals surface area contributed by atoms with E-state index < -0.39 is 22.2 Å². The van der Waals surface area contributed by atoms with Gasteiger partial charge < -0.3 is 9.90 Å². The van der Waals surface area contributed by atoms with E-state index in [1.54, 1.807) is 13.0 Å². The van der Waals surface area contributed by atoms with Crippen molar-refractivity contribution < 1.29 is 87.2 Å². The normalized spacial score (nSPS) is 19.6. The predicted molar refractivity (Wildman–Crippen MR) is 45.3 cm³/mol. The molecular formula is C8H7CsO4S. The van der Waals surface area contributed by atoms with Gasteiger partial charge in [0.1, 0.15) is 0 Å². The maximum absolute atomic E-state index is 10.6. The fourth-order valence-corrected chi connectivity index (χ4v) is 1.72. The first-order chi connectivity index (χ1) is 6.02. The molecule has 1 aliphatic rings. The Balaban J connectivity index is 0.00000169. The van der Waals surface area contributed by atoms with Gasteiger partial charge in [0.25, 0.3) is 0 Å². The van der Waals surface area contributed by atoms with Gasteiger partial charge in [-0.05, 0) is 13.0 Å². The number of carbonyl (C=O) groups is 1. The average molecular weight is 332 g/mol. The molecule has 1 aliphatic carbocycles. The smallest absolute Gasteiger partial charge is 0.549 e. The van der Waals surface area contributed by atoms with Crippen molar-refractivity contribution in [1.82, 2.24) is 0 Å². The van der Waals surface area contributed by atoms with Crippen LogP contribution in [0, 0.1) is 5.92 Å². The Bertz CT molecular complexity index is 422. The van der Waals surface area contributed by atoms with Crippen molar-refractivity contribution in [3.8, 4) is 0 Å². The van der Waals surface area contributed by atoms with E-state index in [-0.39, 0.29) is 73.8 Å². The second kappa shape index (κ2) is 6.31. The molecule has 1 rings (SSSR count). The second-order valence-electron chi connectivity index (χ2n) is 2.68. The molecule has 0 aromatic rings. The molecule has 0 saturated carbocycles. The zero-order chi connectivity index (χ0) is 10.0. The molecule has 70 valence electrons. The van der Waals surface area contributed by atoms with Crippen molar-refractivity contribution >= 4 is 21.1 Å². The van der Waals surface area contributed by atoms with Crippen molar-refractivity contribution in [2.24, 2.45) is 5.92 Å². The summed E-state index contributed by atoms with van der Waals surface area (Å²) in [6.07, 6.45) is 4.18. The largest absolute Gasteiger partial charge is 1.00 e. The molecule has 0 heterocycles. The minimum atomic E-state index is -2.51. The second-order valence-corrected chi connectivity index (χ2v) is 3.62. The van der Waals surface area contributed by atoms with Crippen molar-refractivity contribution in [2.45, 2.75) is 6.92 Å². The summed E-state index contributed by atoms with van der Waals surface area (Å²) in [6, 6.07) is 0. The van der Waals surface area contributed by atoms with Gasteiger partial charge >= 0.3 is 68.9 Å². The van der Waals surface area contributed by atoms with Crippen LogP contribution in [0.3, 0.4) is 0 Å². The summed E-state index contributed by atoms with van der Waals surface area (Å²) >= 11 is 0. The van der Waals surface area contributed by atoms with Crippen LogP contribution in [0.25, 0.3) is 0 Å². The van der Waals surface area contributed by atoms with Crippen LogP contribution in [0.1, 0.15) is 6.92 Å². The van der Waals surface area contributed by atoms with E-state index >= 15 is 0 Å². The van der Waals surface area contributed by atoms with Gasteiger partial charge in [-0.2, -0.15) is 8.42 Å². The summed E-state index contributed by atoms with van der Waals surface area (Å²) in [7, 11) is -2.51. The van der Waals surface area contributed by atoms with E-state index in [1.165, 1.54) is 12.2 Å². The van der Waals surface area contributed by atoms with Crippen LogP contribution in [0.15, 0.2) is 23.8 Å². The van der Waals surface area contributed by atoms with E-state index in [2.05, 4.69) is 0 Å². The van der Waals surface area contributed by atoms with Gasteiger partial charge in [-0.15, -0.1) is 0 Å². The topological polar surface area (TPSA) is 74.3 Å². The monoisotopic (exact) mass is 332 g/mol. The van der Waals surface area contributed by atoms with Crippen LogP contribution < -0.4 is 74.0 Å². The molecule has 14 heavy (non-hydrogen) atoms. The minimum absolute atomic E-state index is 0. The van der Waals surface area contributed by atoms with Crippen LogP contribution in [0.4, 0.5) is 0 Å². The summed E-state index contributed by atoms with van der Waals surface area (Å²) in [6.45, 7) is 1.69. The molecule has 1 atom stereocenters. The molecule has 0 bridgehead atoms. The van der Waals surface area contributed by atoms with Gasteiger partial charge in [0.05, 0.1) is 16.8 Å². The number of allylic oxidation sites excluding steroid dienone is 3. The number of rotatable bonds is 1. The number of carboxylic acids is 1. The van der Waals surface area contributed by atoms with Gasteiger partial charge in [0.2, 0.25) is 10.3 Å². The van der Waals surface area contributed by atoms with Gasteiger partial charge in [-0.1, -0.05) is 17.7 Å². The maximum atomic E-state index is 10.6. The van der Waals surface area contributed by atoms with Crippen molar-refractivity contribution in [2.75, 3.05) is 0 Å². The van der Waals surface area contributed by atoms with Crippen LogP contribution >= 0.6 is 0 Å². The number of hydrogen-bond acceptors (Lipinski definition) is 4. The Kier molecular flexibility index (Phi) is 6.62. The number of hydrogen-bond donors (Lipinski definition) is 0. The molecule has 0 amide bonds. The number of aliphatic carboxylic acids is 1. The summed E-state index contributed by atoms with van der Waals surface area (Å²) < 4.78 is 21.2. The molecule has 6 heteroatoms. The Morgan fingerprint density at radius 1 is 1.50 bits per heavy atom. The zero-order valence-electron chi connectivity index (χ0n) is 7.85. The van der Waals surface area contributed by atoms with E-state index in [0.29, 0.717) is 5.57 Å². The van der Waals surface area contributed by atoms with Gasteiger partial charge in [0.15, 0.2) is 0 Å². The fraction of sp³-hybridized carbons (Fsp3) is 0.250. The molecular weight excluding hydrogens is 325 g/mol. The molecule has 0 aromatic heterocycles. The van der Waals surface area contributed by atoms with Gasteiger partial charge in [-0.3, -0.25) is 0 Å². The third-order valence-corrected chi connectivity index (χ3v) is 2.43. The number of carbonyl (C=O) groups excluding carboxylic acids is 1. The zero-order valence-corrected chi connectivity index (χ0v) is 14.9. The summed E-state index contributed by atoms with van der Waals surface area (Å²) in [4.78, 5) is 10.3. The Morgan fingerprint density at radius 2 is 2.07 bits per heavy atom. The quantitative estimate of drug-likeness (QED) is 0.458. The SMILES string of the molecule is CC1=CC(=S(=O)=O)C(C(=O)[O-])C=C1.[Cs+]. The molecule has 0 N–H and O–H groups in total. The number of carboxylic acid groups (broad SMARTS) is 1. The van der Waals surface area contributed by atoms with Crippen molar-refractivity contribution in [3.63, 3.8) is 0 Å². The predicted octanol–water partition coefficient (Wildman–Crippen LogP) is -4.08. The molecule has 0 radical (unpaired) electrons. The Morgan fingerprint density at radius 3 is 2.50 bits per heavy atom. The van der Waals surface area contributed by atoms with E-state index in [0.717, 1.165) is 0 Å². The third kappa shape index (κ3) is 3.69. The fourth-order valence-electron chi connectivity index (χ4n) is 1.05. The first-order valence-electron chi connectivity index (χ1n) is 3.56. The van der Waals surface area contributed by atoms with Crippen molar-refractivity contribution in [1.29, 1.82) is 0 Å². The third-order valence-electron chi connectivity index (χ3n) is 1.67. The molecule has 0 aliphatic heterocycles. The molecule has 0 saturated heterocycles. The molecule has 1 unspecified atom stereocenters. The van der Waals surface area contributed by atoms with Gasteiger partial charge in [-0.25, -0.2) is 0 Å². The van der Waals surface area contributed by atoms with Gasteiger partial charge in [0, 0.05) is 0 Å². The first kappa shape index (κ1) is 14.7. The summed E-state index contributed by atoms with van der Waals surface area (Å²) in [5.74, 6) is -2.55. The minimum Gasteiger partial charge on any atom is -0.549 e. The summed E-state index contributed by atoms with van der Waals surface area (Å²) in [5, 5.41) is 10.5.